The quantitative estimate of drug-likeness (QED) is 0.749. The van der Waals surface area contributed by atoms with E-state index in [0.29, 0.717) is 5.58 Å². The summed E-state index contributed by atoms with van der Waals surface area (Å²) in [6, 6.07) is 10.9. The molecular formula is C14H10O4. The van der Waals surface area contributed by atoms with E-state index in [-0.39, 0.29) is 5.76 Å². The van der Waals surface area contributed by atoms with Gasteiger partial charge in [-0.3, -0.25) is 0 Å². The predicted octanol–water partition coefficient (Wildman–Crippen LogP) is 3.29. The summed E-state index contributed by atoms with van der Waals surface area (Å²) in [5, 5.41) is 11.5. The number of carboxylic acids is 1. The standard InChI is InChI=1S/C14H10O4/c1-17-11-4-2-3-8-6-12-9(5-10(8)11)7-13(18-12)14(15)16/h2-7H,1H3,(H,15,16). The molecule has 1 N–H and O–H groups in total. The summed E-state index contributed by atoms with van der Waals surface area (Å²) in [6.45, 7) is 0. The molecule has 2 aromatic carbocycles. The topological polar surface area (TPSA) is 59.7 Å². The van der Waals surface area contributed by atoms with Crippen LogP contribution < -0.4 is 4.74 Å². The average molecular weight is 242 g/mol. The zero-order valence-electron chi connectivity index (χ0n) is 9.64. The van der Waals surface area contributed by atoms with E-state index in [9.17, 15) is 4.79 Å². The van der Waals surface area contributed by atoms with Crippen LogP contribution >= 0.6 is 0 Å². The first-order valence-corrected chi connectivity index (χ1v) is 5.42. The van der Waals surface area contributed by atoms with Crippen LogP contribution in [0.5, 0.6) is 5.75 Å². The Morgan fingerprint density at radius 2 is 2.06 bits per heavy atom. The van der Waals surface area contributed by atoms with Crippen molar-refractivity contribution in [2.75, 3.05) is 7.11 Å². The SMILES string of the molecule is COc1cccc2cc3oc(C(=O)O)cc3cc12. The minimum atomic E-state index is -1.07. The Morgan fingerprint density at radius 1 is 1.22 bits per heavy atom. The molecule has 3 aromatic rings. The molecule has 0 aliphatic rings. The smallest absolute Gasteiger partial charge is 0.371 e. The molecule has 18 heavy (non-hydrogen) atoms. The lowest BCUT2D eigenvalue weighted by Crippen LogP contribution is -1.91. The lowest BCUT2D eigenvalue weighted by atomic mass is 10.1. The maximum Gasteiger partial charge on any atom is 0.371 e. The fourth-order valence-corrected chi connectivity index (χ4v) is 2.07. The highest BCUT2D eigenvalue weighted by Crippen LogP contribution is 2.31. The van der Waals surface area contributed by atoms with Crippen LogP contribution in [0.15, 0.2) is 40.8 Å². The molecule has 0 aliphatic carbocycles. The predicted molar refractivity (Wildman–Crippen MR) is 67.2 cm³/mol. The van der Waals surface area contributed by atoms with E-state index in [1.165, 1.54) is 6.07 Å². The van der Waals surface area contributed by atoms with Crippen LogP contribution in [0.4, 0.5) is 0 Å². The van der Waals surface area contributed by atoms with Crippen molar-refractivity contribution in [1.82, 2.24) is 0 Å². The van der Waals surface area contributed by atoms with Gasteiger partial charge in [-0.15, -0.1) is 0 Å². The van der Waals surface area contributed by atoms with Crippen molar-refractivity contribution in [2.45, 2.75) is 0 Å². The van der Waals surface area contributed by atoms with E-state index in [0.717, 1.165) is 21.9 Å². The van der Waals surface area contributed by atoms with Crippen molar-refractivity contribution < 1.29 is 19.1 Å². The number of hydrogen-bond acceptors (Lipinski definition) is 3. The molecular weight excluding hydrogens is 232 g/mol. The first-order valence-electron chi connectivity index (χ1n) is 5.42. The number of carbonyl (C=O) groups is 1. The third-order valence-electron chi connectivity index (χ3n) is 2.91. The van der Waals surface area contributed by atoms with Gasteiger partial charge in [-0.25, -0.2) is 4.79 Å². The number of benzene rings is 2. The second kappa shape index (κ2) is 3.77. The Kier molecular flexibility index (Phi) is 2.23. The molecule has 4 nitrogen and oxygen atoms in total. The van der Waals surface area contributed by atoms with Crippen LogP contribution in [-0.4, -0.2) is 18.2 Å². The third-order valence-corrected chi connectivity index (χ3v) is 2.91. The van der Waals surface area contributed by atoms with Gasteiger partial charge in [0.1, 0.15) is 11.3 Å². The molecule has 0 saturated heterocycles. The molecule has 0 fully saturated rings. The summed E-state index contributed by atoms with van der Waals surface area (Å²) in [5.41, 5.74) is 0.563. The van der Waals surface area contributed by atoms with Crippen LogP contribution in [0.3, 0.4) is 0 Å². The van der Waals surface area contributed by atoms with E-state index in [4.69, 9.17) is 14.3 Å². The Balaban J connectivity index is 2.36. The molecule has 0 aliphatic heterocycles. The molecule has 0 unspecified atom stereocenters. The number of rotatable bonds is 2. The highest BCUT2D eigenvalue weighted by molar-refractivity contribution is 6.01. The molecule has 0 bridgehead atoms. The Hall–Kier alpha value is -2.49. The first kappa shape index (κ1) is 10.7. The highest BCUT2D eigenvalue weighted by Gasteiger charge is 2.12. The summed E-state index contributed by atoms with van der Waals surface area (Å²) in [5.74, 6) is -0.367. The molecule has 0 saturated carbocycles. The summed E-state index contributed by atoms with van der Waals surface area (Å²) in [7, 11) is 1.61. The van der Waals surface area contributed by atoms with Crippen LogP contribution in [0.25, 0.3) is 21.7 Å². The summed E-state index contributed by atoms with van der Waals surface area (Å²) < 4.78 is 10.6. The van der Waals surface area contributed by atoms with Crippen LogP contribution in [-0.2, 0) is 0 Å². The van der Waals surface area contributed by atoms with Crippen molar-refractivity contribution in [3.8, 4) is 5.75 Å². The number of ether oxygens (including phenoxy) is 1. The van der Waals surface area contributed by atoms with E-state index in [1.807, 2.05) is 30.3 Å². The van der Waals surface area contributed by atoms with E-state index < -0.39 is 5.97 Å². The Bertz CT molecular complexity index is 755. The van der Waals surface area contributed by atoms with Gasteiger partial charge in [0, 0.05) is 10.8 Å². The molecule has 0 atom stereocenters. The summed E-state index contributed by atoms with van der Waals surface area (Å²) >= 11 is 0. The van der Waals surface area contributed by atoms with Crippen molar-refractivity contribution >= 4 is 27.7 Å². The maximum atomic E-state index is 10.9. The number of furan rings is 1. The van der Waals surface area contributed by atoms with Crippen molar-refractivity contribution in [2.24, 2.45) is 0 Å². The van der Waals surface area contributed by atoms with Gasteiger partial charge in [0.15, 0.2) is 0 Å². The number of carboxylic acid groups (broad SMARTS) is 1. The molecule has 3 rings (SSSR count). The normalized spacial score (nSPS) is 10.9. The van der Waals surface area contributed by atoms with Gasteiger partial charge in [0.2, 0.25) is 5.76 Å². The second-order valence-electron chi connectivity index (χ2n) is 3.99. The van der Waals surface area contributed by atoms with Crippen molar-refractivity contribution in [1.29, 1.82) is 0 Å². The van der Waals surface area contributed by atoms with Gasteiger partial charge in [-0.05, 0) is 29.7 Å². The lowest BCUT2D eigenvalue weighted by molar-refractivity contribution is 0.0665. The summed E-state index contributed by atoms with van der Waals surface area (Å²) in [4.78, 5) is 10.9. The van der Waals surface area contributed by atoms with Gasteiger partial charge in [0.05, 0.1) is 7.11 Å². The number of fused-ring (bicyclic) bond motifs is 2. The first-order chi connectivity index (χ1) is 8.69. The van der Waals surface area contributed by atoms with Gasteiger partial charge in [-0.1, -0.05) is 12.1 Å². The third kappa shape index (κ3) is 1.50. The largest absolute Gasteiger partial charge is 0.496 e. The minimum absolute atomic E-state index is 0.0562. The second-order valence-corrected chi connectivity index (χ2v) is 3.99. The monoisotopic (exact) mass is 242 g/mol. The van der Waals surface area contributed by atoms with Crippen LogP contribution in [0.1, 0.15) is 10.6 Å². The van der Waals surface area contributed by atoms with Crippen LogP contribution in [0.2, 0.25) is 0 Å². The van der Waals surface area contributed by atoms with E-state index in [1.54, 1.807) is 7.11 Å². The molecule has 0 radical (unpaired) electrons. The highest BCUT2D eigenvalue weighted by atomic mass is 16.5. The van der Waals surface area contributed by atoms with E-state index >= 15 is 0 Å². The number of hydrogen-bond donors (Lipinski definition) is 1. The van der Waals surface area contributed by atoms with Gasteiger partial charge < -0.3 is 14.3 Å². The molecule has 4 heteroatoms. The van der Waals surface area contributed by atoms with Gasteiger partial charge >= 0.3 is 5.97 Å². The number of methoxy groups -OCH3 is 1. The zero-order chi connectivity index (χ0) is 12.7. The van der Waals surface area contributed by atoms with Crippen LogP contribution in [0, 0.1) is 0 Å². The van der Waals surface area contributed by atoms with Gasteiger partial charge in [0.25, 0.3) is 0 Å². The zero-order valence-corrected chi connectivity index (χ0v) is 9.64. The molecule has 0 spiro atoms. The fraction of sp³-hybridized carbons (Fsp3) is 0.0714. The maximum absolute atomic E-state index is 10.9. The van der Waals surface area contributed by atoms with E-state index in [2.05, 4.69) is 0 Å². The fourth-order valence-electron chi connectivity index (χ4n) is 2.07. The lowest BCUT2D eigenvalue weighted by Gasteiger charge is -2.04. The molecule has 1 aromatic heterocycles. The Labute approximate surface area is 102 Å². The Morgan fingerprint density at radius 3 is 2.78 bits per heavy atom. The molecule has 90 valence electrons. The number of aromatic carboxylic acids is 1. The minimum Gasteiger partial charge on any atom is -0.496 e. The van der Waals surface area contributed by atoms with Gasteiger partial charge in [-0.2, -0.15) is 0 Å². The van der Waals surface area contributed by atoms with Crippen molar-refractivity contribution in [3.05, 3.63) is 42.2 Å². The molecule has 1 heterocycles. The average Bonchev–Trinajstić information content (AvgIpc) is 2.78. The summed E-state index contributed by atoms with van der Waals surface area (Å²) in [6.07, 6.45) is 0. The van der Waals surface area contributed by atoms with Crippen molar-refractivity contribution in [3.63, 3.8) is 0 Å². The molecule has 0 amide bonds.